The summed E-state index contributed by atoms with van der Waals surface area (Å²) in [4.78, 5) is 38.1. The largest absolute Gasteiger partial charge is 0.462 e. The number of rotatable bonds is 65. The molecule has 6 heteroatoms. The van der Waals surface area contributed by atoms with Gasteiger partial charge in [0.1, 0.15) is 13.2 Å². The molecule has 0 fully saturated rings. The van der Waals surface area contributed by atoms with Crippen LogP contribution in [0.25, 0.3) is 0 Å². The Morgan fingerprint density at radius 3 is 0.718 bits per heavy atom. The molecule has 0 aromatic carbocycles. The Morgan fingerprint density at radius 2 is 0.462 bits per heavy atom. The Labute approximate surface area is 486 Å². The normalized spacial score (nSPS) is 12.2. The van der Waals surface area contributed by atoms with Crippen molar-refractivity contribution in [3.63, 3.8) is 0 Å². The molecule has 1 atom stereocenters. The minimum absolute atomic E-state index is 0.0683. The minimum atomic E-state index is -0.768. The van der Waals surface area contributed by atoms with Crippen LogP contribution in [0.3, 0.4) is 0 Å². The predicted octanol–water partition coefficient (Wildman–Crippen LogP) is 23.9. The summed E-state index contributed by atoms with van der Waals surface area (Å²) in [5.74, 6) is -0.854. The molecular formula is C72H134O6. The second-order valence-corrected chi connectivity index (χ2v) is 23.8. The van der Waals surface area contributed by atoms with Crippen LogP contribution in [-0.2, 0) is 28.6 Å². The van der Waals surface area contributed by atoms with Crippen molar-refractivity contribution in [3.8, 4) is 0 Å². The van der Waals surface area contributed by atoms with Crippen molar-refractivity contribution in [2.75, 3.05) is 13.2 Å². The summed E-state index contributed by atoms with van der Waals surface area (Å²) < 4.78 is 16.9. The molecule has 0 spiro atoms. The summed E-state index contributed by atoms with van der Waals surface area (Å²) in [6.45, 7) is 6.64. The van der Waals surface area contributed by atoms with Crippen LogP contribution in [0.15, 0.2) is 36.5 Å². The van der Waals surface area contributed by atoms with E-state index in [-0.39, 0.29) is 31.1 Å². The summed E-state index contributed by atoms with van der Waals surface area (Å²) in [5, 5.41) is 0. The van der Waals surface area contributed by atoms with E-state index in [2.05, 4.69) is 57.2 Å². The number of hydrogen-bond acceptors (Lipinski definition) is 6. The van der Waals surface area contributed by atoms with E-state index in [0.717, 1.165) is 70.6 Å². The lowest BCUT2D eigenvalue weighted by Gasteiger charge is -2.18. The van der Waals surface area contributed by atoms with Gasteiger partial charge >= 0.3 is 17.9 Å². The van der Waals surface area contributed by atoms with E-state index >= 15 is 0 Å². The van der Waals surface area contributed by atoms with Gasteiger partial charge in [-0.1, -0.05) is 346 Å². The Bertz CT molecular complexity index is 1300. The zero-order valence-electron chi connectivity index (χ0n) is 52.7. The predicted molar refractivity (Wildman–Crippen MR) is 339 cm³/mol. The number of unbranched alkanes of at least 4 members (excludes halogenated alkanes) is 48. The average Bonchev–Trinajstić information content (AvgIpc) is 3.44. The molecule has 458 valence electrons. The maximum atomic E-state index is 12.9. The van der Waals surface area contributed by atoms with Crippen LogP contribution < -0.4 is 0 Å². The van der Waals surface area contributed by atoms with Crippen molar-refractivity contribution in [1.82, 2.24) is 0 Å². The van der Waals surface area contributed by atoms with Gasteiger partial charge in [0.15, 0.2) is 6.10 Å². The molecule has 1 unspecified atom stereocenters. The molecule has 78 heavy (non-hydrogen) atoms. The lowest BCUT2D eigenvalue weighted by atomic mass is 10.0. The third-order valence-electron chi connectivity index (χ3n) is 15.9. The summed E-state index contributed by atoms with van der Waals surface area (Å²) in [6.07, 6.45) is 83.6. The maximum absolute atomic E-state index is 12.9. The van der Waals surface area contributed by atoms with Gasteiger partial charge in [-0.2, -0.15) is 0 Å². The molecular weight excluding hydrogens is 961 g/mol. The van der Waals surface area contributed by atoms with Crippen molar-refractivity contribution < 1.29 is 28.6 Å². The van der Waals surface area contributed by atoms with Gasteiger partial charge in [-0.15, -0.1) is 0 Å². The van der Waals surface area contributed by atoms with E-state index in [4.69, 9.17) is 14.2 Å². The fourth-order valence-electron chi connectivity index (χ4n) is 10.6. The topological polar surface area (TPSA) is 78.9 Å². The standard InChI is InChI=1S/C72H134O6/c1-4-7-10-13-16-18-20-22-24-26-28-30-32-34-36-38-40-42-44-46-48-50-52-54-56-59-62-65-71(74)77-68-69(67-76-70(73)64-61-58-15-12-9-6-3)78-72(75)66-63-60-57-55-53-51-49-47-45-43-41-39-37-35-33-31-29-27-25-23-21-19-17-14-11-8-5-2/h20,22,26,28,32,34,69H,4-19,21,23-25,27,29-31,33,35-68H2,1-3H3/b22-20-,28-26-,34-32-. The van der Waals surface area contributed by atoms with Gasteiger partial charge in [-0.05, 0) is 57.8 Å². The number of carbonyl (C=O) groups excluding carboxylic acids is 3. The monoisotopic (exact) mass is 1100 g/mol. The molecule has 0 saturated carbocycles. The van der Waals surface area contributed by atoms with E-state index in [1.807, 2.05) is 0 Å². The van der Waals surface area contributed by atoms with Crippen molar-refractivity contribution in [1.29, 1.82) is 0 Å². The zero-order chi connectivity index (χ0) is 56.4. The molecule has 0 saturated heterocycles. The SMILES string of the molecule is CCCCCCC/C=C\C/C=C\C/C=C\CCCCCCCCCCCCCCC(=O)OCC(COC(=O)CCCCCCCC)OC(=O)CCCCCCCCCCCCCCCCCCCCCCCCCCCCC. The van der Waals surface area contributed by atoms with Crippen LogP contribution in [0.4, 0.5) is 0 Å². The highest BCUT2D eigenvalue weighted by Gasteiger charge is 2.19. The number of allylic oxidation sites excluding steroid dienone is 6. The lowest BCUT2D eigenvalue weighted by molar-refractivity contribution is -0.167. The van der Waals surface area contributed by atoms with Crippen molar-refractivity contribution in [2.24, 2.45) is 0 Å². The fraction of sp³-hybridized carbons (Fsp3) is 0.875. The summed E-state index contributed by atoms with van der Waals surface area (Å²) >= 11 is 0. The van der Waals surface area contributed by atoms with Gasteiger partial charge in [0.05, 0.1) is 0 Å². The Balaban J connectivity index is 3.99. The minimum Gasteiger partial charge on any atom is -0.462 e. The van der Waals surface area contributed by atoms with Gasteiger partial charge < -0.3 is 14.2 Å². The number of hydrogen-bond donors (Lipinski definition) is 0. The van der Waals surface area contributed by atoms with Gasteiger partial charge in [0.2, 0.25) is 0 Å². The first-order valence-corrected chi connectivity index (χ1v) is 35.0. The molecule has 0 aliphatic rings. The first kappa shape index (κ1) is 75.6. The van der Waals surface area contributed by atoms with E-state index < -0.39 is 6.10 Å². The smallest absolute Gasteiger partial charge is 0.306 e. The highest BCUT2D eigenvalue weighted by Crippen LogP contribution is 2.19. The number of ether oxygens (including phenoxy) is 3. The first-order valence-electron chi connectivity index (χ1n) is 35.0. The number of carbonyl (C=O) groups is 3. The molecule has 0 N–H and O–H groups in total. The van der Waals surface area contributed by atoms with Crippen molar-refractivity contribution >= 4 is 17.9 Å². The van der Waals surface area contributed by atoms with Gasteiger partial charge in [0, 0.05) is 19.3 Å². The molecule has 6 nitrogen and oxygen atoms in total. The second kappa shape index (κ2) is 67.1. The molecule has 0 rings (SSSR count). The second-order valence-electron chi connectivity index (χ2n) is 23.8. The molecule has 0 aliphatic heterocycles. The molecule has 0 radical (unpaired) electrons. The van der Waals surface area contributed by atoms with Crippen LogP contribution in [0.1, 0.15) is 387 Å². The van der Waals surface area contributed by atoms with Gasteiger partial charge in [-0.3, -0.25) is 14.4 Å². The first-order chi connectivity index (χ1) is 38.5. The molecule has 0 aromatic rings. The Kier molecular flexibility index (Phi) is 65.1. The molecule has 0 bridgehead atoms. The van der Waals surface area contributed by atoms with Gasteiger partial charge in [0.25, 0.3) is 0 Å². The fourth-order valence-corrected chi connectivity index (χ4v) is 10.6. The van der Waals surface area contributed by atoms with Crippen molar-refractivity contribution in [3.05, 3.63) is 36.5 Å². The summed E-state index contributed by atoms with van der Waals surface area (Å²) in [5.41, 5.74) is 0. The van der Waals surface area contributed by atoms with Crippen LogP contribution in [0.5, 0.6) is 0 Å². The molecule has 0 amide bonds. The Morgan fingerprint density at radius 1 is 0.256 bits per heavy atom. The van der Waals surface area contributed by atoms with Crippen LogP contribution in [0, 0.1) is 0 Å². The Hall–Kier alpha value is -2.37. The van der Waals surface area contributed by atoms with E-state index in [0.29, 0.717) is 19.3 Å². The van der Waals surface area contributed by atoms with Crippen molar-refractivity contribution in [2.45, 2.75) is 393 Å². The third-order valence-corrected chi connectivity index (χ3v) is 15.9. The molecule has 0 aliphatic carbocycles. The van der Waals surface area contributed by atoms with Gasteiger partial charge in [-0.25, -0.2) is 0 Å². The summed E-state index contributed by atoms with van der Waals surface area (Å²) in [7, 11) is 0. The third kappa shape index (κ3) is 64.5. The maximum Gasteiger partial charge on any atom is 0.306 e. The van der Waals surface area contributed by atoms with E-state index in [9.17, 15) is 14.4 Å². The highest BCUT2D eigenvalue weighted by molar-refractivity contribution is 5.71. The van der Waals surface area contributed by atoms with E-state index in [1.165, 1.54) is 276 Å². The van der Waals surface area contributed by atoms with Crippen LogP contribution in [-0.4, -0.2) is 37.2 Å². The molecule has 0 aromatic heterocycles. The lowest BCUT2D eigenvalue weighted by Crippen LogP contribution is -2.30. The summed E-state index contributed by atoms with van der Waals surface area (Å²) in [6, 6.07) is 0. The van der Waals surface area contributed by atoms with Crippen LogP contribution in [0.2, 0.25) is 0 Å². The zero-order valence-corrected chi connectivity index (χ0v) is 52.7. The molecule has 0 heterocycles. The van der Waals surface area contributed by atoms with Crippen LogP contribution >= 0.6 is 0 Å². The van der Waals surface area contributed by atoms with E-state index in [1.54, 1.807) is 0 Å². The highest BCUT2D eigenvalue weighted by atomic mass is 16.6. The average molecular weight is 1100 g/mol. The number of esters is 3. The quantitative estimate of drug-likeness (QED) is 0.0261.